The Labute approximate surface area is 72.6 Å². The molecule has 0 aromatic rings. The maximum absolute atomic E-state index is 9.15. The van der Waals surface area contributed by atoms with Crippen LogP contribution in [0.25, 0.3) is 10.4 Å². The molecule has 0 saturated carbocycles. The van der Waals surface area contributed by atoms with E-state index in [4.69, 9.17) is 26.0 Å². The molecule has 74 valence electrons. The molecule has 1 rings (SSSR count). The van der Waals surface area contributed by atoms with Crippen LogP contribution in [-0.4, -0.2) is 51.3 Å². The molecule has 0 aromatic heterocycles. The normalized spacial score (nSPS) is 41.2. The van der Waals surface area contributed by atoms with Gasteiger partial charge in [0.25, 0.3) is 0 Å². The lowest BCUT2D eigenvalue weighted by Gasteiger charge is -2.15. The number of azide groups is 1. The van der Waals surface area contributed by atoms with Crippen LogP contribution in [0.2, 0.25) is 0 Å². The minimum Gasteiger partial charge on any atom is -0.387 e. The number of hydrogen-bond donors (Lipinski definition) is 4. The predicted molar refractivity (Wildman–Crippen MR) is 38.0 cm³/mol. The third kappa shape index (κ3) is 1.89. The maximum Gasteiger partial charge on any atom is 0.184 e. The molecule has 8 nitrogen and oxygen atoms in total. The highest BCUT2D eigenvalue weighted by molar-refractivity contribution is 4.89. The number of hydrogen-bond acceptors (Lipinski definition) is 6. The molecule has 5 atom stereocenters. The van der Waals surface area contributed by atoms with E-state index in [1.54, 1.807) is 0 Å². The Morgan fingerprint density at radius 3 is 2.31 bits per heavy atom. The van der Waals surface area contributed by atoms with Gasteiger partial charge in [-0.3, -0.25) is 0 Å². The van der Waals surface area contributed by atoms with E-state index >= 15 is 0 Å². The Morgan fingerprint density at radius 1 is 1.31 bits per heavy atom. The van der Waals surface area contributed by atoms with Crippen molar-refractivity contribution in [3.63, 3.8) is 0 Å². The highest BCUT2D eigenvalue weighted by Crippen LogP contribution is 2.22. The van der Waals surface area contributed by atoms with Gasteiger partial charge in [-0.05, 0) is 5.53 Å². The average molecular weight is 191 g/mol. The Morgan fingerprint density at radius 2 is 1.92 bits per heavy atom. The van der Waals surface area contributed by atoms with Crippen molar-refractivity contribution >= 4 is 0 Å². The maximum atomic E-state index is 9.15. The van der Waals surface area contributed by atoms with Crippen LogP contribution in [0, 0.1) is 0 Å². The van der Waals surface area contributed by atoms with Crippen molar-refractivity contribution in [2.75, 3.05) is 0 Å². The standard InChI is InChI=1S/C5H9N3O5/c6-8-7-4(11)3-1(9)2(10)5(12)13-3/h1-5,9-12H/t1-,2-,3-,4?,5?/m0/s1. The van der Waals surface area contributed by atoms with E-state index < -0.39 is 30.8 Å². The Hall–Kier alpha value is -0.890. The van der Waals surface area contributed by atoms with E-state index in [1.165, 1.54) is 0 Å². The van der Waals surface area contributed by atoms with Gasteiger partial charge in [0.05, 0.1) is 0 Å². The minimum absolute atomic E-state index is 1.30. The molecule has 1 saturated heterocycles. The van der Waals surface area contributed by atoms with Crippen LogP contribution in [0.1, 0.15) is 0 Å². The fourth-order valence-corrected chi connectivity index (χ4v) is 1.05. The van der Waals surface area contributed by atoms with Crippen molar-refractivity contribution in [1.82, 2.24) is 0 Å². The molecule has 0 aromatic carbocycles. The Balaban J connectivity index is 2.67. The first-order valence-electron chi connectivity index (χ1n) is 3.50. The van der Waals surface area contributed by atoms with Gasteiger partial charge in [0.15, 0.2) is 12.5 Å². The van der Waals surface area contributed by atoms with E-state index in [1.807, 2.05) is 0 Å². The average Bonchev–Trinajstić information content (AvgIpc) is 2.33. The van der Waals surface area contributed by atoms with E-state index in [-0.39, 0.29) is 0 Å². The van der Waals surface area contributed by atoms with Crippen LogP contribution >= 0.6 is 0 Å². The van der Waals surface area contributed by atoms with Crippen LogP contribution < -0.4 is 0 Å². The summed E-state index contributed by atoms with van der Waals surface area (Å²) in [5, 5.41) is 38.9. The monoisotopic (exact) mass is 191 g/mol. The first kappa shape index (κ1) is 10.2. The Kier molecular flexibility index (Phi) is 3.04. The lowest BCUT2D eigenvalue weighted by Crippen LogP contribution is -2.37. The number of rotatable bonds is 2. The Bertz CT molecular complexity index is 230. The van der Waals surface area contributed by atoms with Gasteiger partial charge in [-0.2, -0.15) is 0 Å². The van der Waals surface area contributed by atoms with Gasteiger partial charge in [-0.1, -0.05) is 5.11 Å². The summed E-state index contributed by atoms with van der Waals surface area (Å²) in [7, 11) is 0. The van der Waals surface area contributed by atoms with E-state index in [0.29, 0.717) is 0 Å². The van der Waals surface area contributed by atoms with Crippen molar-refractivity contribution in [3.05, 3.63) is 10.4 Å². The topological polar surface area (TPSA) is 139 Å². The quantitative estimate of drug-likeness (QED) is 0.228. The molecule has 0 bridgehead atoms. The zero-order chi connectivity index (χ0) is 10.0. The first-order valence-corrected chi connectivity index (χ1v) is 3.50. The molecule has 0 spiro atoms. The highest BCUT2D eigenvalue weighted by atomic mass is 16.6. The smallest absolute Gasteiger partial charge is 0.184 e. The van der Waals surface area contributed by atoms with Gasteiger partial charge in [-0.15, -0.1) is 0 Å². The number of aliphatic hydroxyl groups is 4. The second-order valence-electron chi connectivity index (χ2n) is 2.59. The largest absolute Gasteiger partial charge is 0.387 e. The van der Waals surface area contributed by atoms with Gasteiger partial charge >= 0.3 is 0 Å². The zero-order valence-electron chi connectivity index (χ0n) is 6.43. The molecular weight excluding hydrogens is 182 g/mol. The zero-order valence-corrected chi connectivity index (χ0v) is 6.43. The number of aliphatic hydroxyl groups excluding tert-OH is 4. The van der Waals surface area contributed by atoms with Crippen LogP contribution in [-0.2, 0) is 4.74 Å². The summed E-state index contributed by atoms with van der Waals surface area (Å²) in [6.07, 6.45) is -7.50. The number of nitrogens with zero attached hydrogens (tertiary/aromatic N) is 3. The van der Waals surface area contributed by atoms with Crippen molar-refractivity contribution < 1.29 is 25.2 Å². The van der Waals surface area contributed by atoms with Crippen molar-refractivity contribution in [3.8, 4) is 0 Å². The van der Waals surface area contributed by atoms with Crippen molar-refractivity contribution in [1.29, 1.82) is 0 Å². The van der Waals surface area contributed by atoms with Gasteiger partial charge in [0.2, 0.25) is 0 Å². The second kappa shape index (κ2) is 3.88. The third-order valence-electron chi connectivity index (χ3n) is 1.74. The molecule has 1 heterocycles. The number of ether oxygens (including phenoxy) is 1. The van der Waals surface area contributed by atoms with E-state index in [2.05, 4.69) is 14.8 Å². The summed E-state index contributed by atoms with van der Waals surface area (Å²) in [6.45, 7) is 0. The predicted octanol–water partition coefficient (Wildman–Crippen LogP) is -1.95. The lowest BCUT2D eigenvalue weighted by molar-refractivity contribution is -0.144. The lowest BCUT2D eigenvalue weighted by atomic mass is 10.1. The fraction of sp³-hybridized carbons (Fsp3) is 1.00. The summed E-state index contributed by atoms with van der Waals surface area (Å²) in [5.74, 6) is 0. The molecule has 0 amide bonds. The summed E-state index contributed by atoms with van der Waals surface area (Å²) < 4.78 is 4.54. The molecule has 4 N–H and O–H groups in total. The van der Waals surface area contributed by atoms with Crippen molar-refractivity contribution in [2.45, 2.75) is 30.8 Å². The van der Waals surface area contributed by atoms with Crippen LogP contribution in [0.15, 0.2) is 5.11 Å². The minimum atomic E-state index is -1.63. The molecular formula is C5H9N3O5. The summed E-state index contributed by atoms with van der Waals surface area (Å²) in [6, 6.07) is 0. The van der Waals surface area contributed by atoms with Gasteiger partial charge < -0.3 is 25.2 Å². The van der Waals surface area contributed by atoms with Gasteiger partial charge in [0.1, 0.15) is 18.3 Å². The SMILES string of the molecule is [N-]=[N+]=NC(O)[C@H]1OC(O)[C@@H](O)[C@@H]1O. The van der Waals surface area contributed by atoms with Crippen LogP contribution in [0.5, 0.6) is 0 Å². The summed E-state index contributed by atoms with van der Waals surface area (Å²) in [5.41, 5.74) is 7.95. The molecule has 0 radical (unpaired) electrons. The summed E-state index contributed by atoms with van der Waals surface area (Å²) in [4.78, 5) is 2.29. The highest BCUT2D eigenvalue weighted by Gasteiger charge is 2.44. The molecule has 8 heteroatoms. The molecule has 1 aliphatic heterocycles. The third-order valence-corrected chi connectivity index (χ3v) is 1.74. The molecule has 0 aliphatic carbocycles. The second-order valence-corrected chi connectivity index (χ2v) is 2.59. The molecule has 2 unspecified atom stereocenters. The van der Waals surface area contributed by atoms with Gasteiger partial charge in [0, 0.05) is 4.91 Å². The van der Waals surface area contributed by atoms with Crippen LogP contribution in [0.3, 0.4) is 0 Å². The van der Waals surface area contributed by atoms with Gasteiger partial charge in [-0.25, -0.2) is 0 Å². The molecule has 1 fully saturated rings. The summed E-state index contributed by atoms with van der Waals surface area (Å²) >= 11 is 0. The fourth-order valence-electron chi connectivity index (χ4n) is 1.05. The van der Waals surface area contributed by atoms with Crippen LogP contribution in [0.4, 0.5) is 0 Å². The van der Waals surface area contributed by atoms with E-state index in [0.717, 1.165) is 0 Å². The first-order chi connectivity index (χ1) is 6.07. The molecule has 1 aliphatic rings. The van der Waals surface area contributed by atoms with Crippen molar-refractivity contribution in [2.24, 2.45) is 5.11 Å². The molecule has 13 heavy (non-hydrogen) atoms. The van der Waals surface area contributed by atoms with E-state index in [9.17, 15) is 0 Å².